The molecule has 32 heavy (non-hydrogen) atoms. The van der Waals surface area contributed by atoms with Crippen LogP contribution in [0.2, 0.25) is 0 Å². The van der Waals surface area contributed by atoms with Crippen LogP contribution in [0.25, 0.3) is 65.4 Å². The number of hydrogen-bond acceptors (Lipinski definition) is 2. The first kappa shape index (κ1) is 9.88. The first-order valence-corrected chi connectivity index (χ1v) is 9.96. The van der Waals surface area contributed by atoms with Gasteiger partial charge in [-0.05, 0) is 50.5 Å². The molecule has 5 aromatic carbocycles. The maximum absolute atomic E-state index is 9.35. The van der Waals surface area contributed by atoms with Gasteiger partial charge in [-0.3, -0.25) is 4.98 Å². The first-order chi connectivity index (χ1) is 20.5. The van der Waals surface area contributed by atoms with Gasteiger partial charge in [0.15, 0.2) is 0 Å². The van der Waals surface area contributed by atoms with Crippen molar-refractivity contribution in [2.45, 2.75) is 0 Å². The number of nitrogens with zero attached hydrogens (tertiary/aromatic N) is 2. The number of fused-ring (bicyclic) bond motifs is 9. The Morgan fingerprint density at radius 1 is 0.562 bits per heavy atom. The second-order valence-corrected chi connectivity index (χ2v) is 7.41. The van der Waals surface area contributed by atoms with Gasteiger partial charge in [0.05, 0.1) is 31.8 Å². The number of hydrogen-bond donors (Lipinski definition) is 0. The van der Waals surface area contributed by atoms with Gasteiger partial charge in [0.1, 0.15) is 0 Å². The Balaban J connectivity index is 1.76. The zero-order valence-corrected chi connectivity index (χ0v) is 16.4. The van der Waals surface area contributed by atoms with E-state index in [1.165, 1.54) is 0 Å². The van der Waals surface area contributed by atoms with Gasteiger partial charge in [0.25, 0.3) is 0 Å². The molecule has 0 spiro atoms. The third-order valence-electron chi connectivity index (χ3n) is 5.63. The molecular formula is C30H18N2. The molecule has 7 rings (SSSR count). The highest BCUT2D eigenvalue weighted by molar-refractivity contribution is 6.25. The van der Waals surface area contributed by atoms with Crippen LogP contribution in [0.5, 0.6) is 0 Å². The van der Waals surface area contributed by atoms with Crippen molar-refractivity contribution in [3.8, 4) is 11.3 Å². The molecule has 2 heteroatoms. The monoisotopic (exact) mass is 417 g/mol. The van der Waals surface area contributed by atoms with Crippen LogP contribution in [0.3, 0.4) is 0 Å². The quantitative estimate of drug-likeness (QED) is 0.254. The fourth-order valence-electron chi connectivity index (χ4n) is 4.15. The Bertz CT molecular complexity index is 2380. The Labute approximate surface area is 200 Å². The average molecular weight is 418 g/mol. The van der Waals surface area contributed by atoms with Crippen LogP contribution in [0.1, 0.15) is 15.1 Å². The van der Waals surface area contributed by atoms with Crippen LogP contribution in [-0.4, -0.2) is 9.97 Å². The molecule has 0 aliphatic carbocycles. The molecule has 0 N–H and O–H groups in total. The minimum Gasteiger partial charge on any atom is -0.254 e. The van der Waals surface area contributed by atoms with Crippen molar-refractivity contribution in [2.24, 2.45) is 0 Å². The second kappa shape index (κ2) is 6.60. The third-order valence-corrected chi connectivity index (χ3v) is 5.63. The van der Waals surface area contributed by atoms with Gasteiger partial charge in [-0.25, -0.2) is 4.98 Å². The lowest BCUT2D eigenvalue weighted by molar-refractivity contribution is 1.37. The number of aromatic nitrogens is 2. The van der Waals surface area contributed by atoms with Gasteiger partial charge < -0.3 is 0 Å². The van der Waals surface area contributed by atoms with Gasteiger partial charge in [0.2, 0.25) is 0 Å². The zero-order valence-electron chi connectivity index (χ0n) is 27.4. The van der Waals surface area contributed by atoms with Crippen LogP contribution in [-0.2, 0) is 0 Å². The van der Waals surface area contributed by atoms with E-state index in [4.69, 9.17) is 18.7 Å². The van der Waals surface area contributed by atoms with Crippen LogP contribution in [0, 0.1) is 0 Å². The summed E-state index contributed by atoms with van der Waals surface area (Å²) in [4.78, 5) is 9.21. The largest absolute Gasteiger partial charge is 0.254 e. The molecule has 0 aliphatic rings. The van der Waals surface area contributed by atoms with E-state index >= 15 is 0 Å². The van der Waals surface area contributed by atoms with Crippen molar-refractivity contribution in [3.05, 3.63) is 109 Å². The SMILES string of the molecule is [2H]c1c([2H])c([2H])c2c(c1[2H])c1c([2H])c([2H])c([2H])c([2H])c1c1c([2H])c(-c3ccc4ccc5cccnc5c4n3)c([2H])c([2H])c21. The summed E-state index contributed by atoms with van der Waals surface area (Å²) in [7, 11) is 0. The highest BCUT2D eigenvalue weighted by Gasteiger charge is 2.11. The molecule has 2 nitrogen and oxygen atoms in total. The summed E-state index contributed by atoms with van der Waals surface area (Å²) >= 11 is 0. The van der Waals surface area contributed by atoms with Crippen molar-refractivity contribution in [1.82, 2.24) is 9.97 Å². The summed E-state index contributed by atoms with van der Waals surface area (Å²) in [6.45, 7) is 0. The fraction of sp³-hybridized carbons (Fsp3) is 0. The summed E-state index contributed by atoms with van der Waals surface area (Å²) in [5, 5.41) is 0.603. The Hall–Kier alpha value is -4.30. The van der Waals surface area contributed by atoms with E-state index < -0.39 is 60.4 Å². The van der Waals surface area contributed by atoms with Gasteiger partial charge in [-0.15, -0.1) is 0 Å². The smallest absolute Gasteiger partial charge is 0.0972 e. The van der Waals surface area contributed by atoms with Crippen molar-refractivity contribution >= 4 is 54.1 Å². The predicted molar refractivity (Wildman–Crippen MR) is 135 cm³/mol. The molecule has 0 aliphatic heterocycles. The first-order valence-electron chi connectivity index (χ1n) is 15.5. The lowest BCUT2D eigenvalue weighted by Crippen LogP contribution is -1.89. The summed E-state index contributed by atoms with van der Waals surface area (Å²) in [5.41, 5.74) is 1.25. The summed E-state index contributed by atoms with van der Waals surface area (Å²) in [6.07, 6.45) is 1.63. The molecule has 2 aromatic heterocycles. The van der Waals surface area contributed by atoms with Crippen LogP contribution < -0.4 is 0 Å². The minimum absolute atomic E-state index is 0.0544. The highest BCUT2D eigenvalue weighted by Crippen LogP contribution is 2.37. The molecule has 0 fully saturated rings. The van der Waals surface area contributed by atoms with Crippen molar-refractivity contribution in [3.63, 3.8) is 0 Å². The standard InChI is InChI=1S/C30H18N2/c1-2-9-24-22(7-1)23-8-3-4-10-25(23)27-18-21(13-15-26(24)27)28-16-14-20-12-11-19-6-5-17-31-29(19)30(20)32-28/h1-18H/i1D,2D,3D,4D,7D,8D,9D,10D,13D,15D,18D. The van der Waals surface area contributed by atoms with E-state index in [0.29, 0.717) is 11.0 Å². The fourth-order valence-corrected chi connectivity index (χ4v) is 4.15. The minimum atomic E-state index is -0.605. The van der Waals surface area contributed by atoms with Crippen LogP contribution in [0.4, 0.5) is 0 Å². The molecular weight excluding hydrogens is 388 g/mol. The Morgan fingerprint density at radius 3 is 1.88 bits per heavy atom. The van der Waals surface area contributed by atoms with Gasteiger partial charge >= 0.3 is 0 Å². The zero-order chi connectivity index (χ0) is 30.6. The van der Waals surface area contributed by atoms with E-state index in [0.717, 1.165) is 10.8 Å². The van der Waals surface area contributed by atoms with E-state index in [2.05, 4.69) is 4.98 Å². The average Bonchev–Trinajstić information content (AvgIpc) is 3.01. The highest BCUT2D eigenvalue weighted by atomic mass is 14.7. The number of benzene rings is 5. The van der Waals surface area contributed by atoms with Gasteiger partial charge in [-0.1, -0.05) is 84.7 Å². The normalized spacial score (nSPS) is 16.6. The molecule has 148 valence electrons. The second-order valence-electron chi connectivity index (χ2n) is 7.41. The van der Waals surface area contributed by atoms with Gasteiger partial charge in [0, 0.05) is 22.5 Å². The molecule has 0 bridgehead atoms. The van der Waals surface area contributed by atoms with E-state index in [1.54, 1.807) is 24.4 Å². The van der Waals surface area contributed by atoms with Gasteiger partial charge in [-0.2, -0.15) is 0 Å². The molecule has 0 saturated carbocycles. The molecule has 0 saturated heterocycles. The van der Waals surface area contributed by atoms with Crippen LogP contribution >= 0.6 is 0 Å². The molecule has 2 heterocycles. The number of rotatable bonds is 1. The number of pyridine rings is 2. The Morgan fingerprint density at radius 2 is 1.16 bits per heavy atom. The molecule has 0 atom stereocenters. The van der Waals surface area contributed by atoms with Crippen LogP contribution in [0.15, 0.2) is 109 Å². The van der Waals surface area contributed by atoms with Crippen molar-refractivity contribution in [1.29, 1.82) is 0 Å². The molecule has 0 unspecified atom stereocenters. The lowest BCUT2D eigenvalue weighted by Gasteiger charge is -2.12. The van der Waals surface area contributed by atoms with Crippen molar-refractivity contribution in [2.75, 3.05) is 0 Å². The molecule has 0 amide bonds. The van der Waals surface area contributed by atoms with E-state index in [-0.39, 0.29) is 49.6 Å². The topological polar surface area (TPSA) is 25.8 Å². The summed E-state index contributed by atoms with van der Waals surface area (Å²) in [5.74, 6) is 0. The maximum atomic E-state index is 9.35. The summed E-state index contributed by atoms with van der Waals surface area (Å²) in [6, 6.07) is 5.10. The third kappa shape index (κ3) is 2.47. The molecule has 7 aromatic rings. The predicted octanol–water partition coefficient (Wildman–Crippen LogP) is 7.91. The molecule has 0 radical (unpaired) electrons. The van der Waals surface area contributed by atoms with E-state index in [1.807, 2.05) is 18.2 Å². The Kier molecular flexibility index (Phi) is 2.04. The van der Waals surface area contributed by atoms with Crippen molar-refractivity contribution < 1.29 is 15.1 Å². The van der Waals surface area contributed by atoms with E-state index in [9.17, 15) is 1.37 Å². The lowest BCUT2D eigenvalue weighted by atomic mass is 9.93. The summed E-state index contributed by atoms with van der Waals surface area (Å²) < 4.78 is 95.5. The maximum Gasteiger partial charge on any atom is 0.0972 e.